The van der Waals surface area contributed by atoms with Gasteiger partial charge in [0.2, 0.25) is 0 Å². The van der Waals surface area contributed by atoms with Gasteiger partial charge in [-0.2, -0.15) is 5.10 Å². The first-order valence-corrected chi connectivity index (χ1v) is 7.29. The molecule has 1 aliphatic carbocycles. The van der Waals surface area contributed by atoms with Crippen LogP contribution in [-0.4, -0.2) is 15.7 Å². The third-order valence-electron chi connectivity index (χ3n) is 4.13. The van der Waals surface area contributed by atoms with Crippen LogP contribution in [0.1, 0.15) is 28.8 Å². The molecule has 110 valence electrons. The lowest BCUT2D eigenvalue weighted by Crippen LogP contribution is -2.22. The minimum atomic E-state index is 0.441. The summed E-state index contributed by atoms with van der Waals surface area (Å²) in [5, 5.41) is 7.37. The van der Waals surface area contributed by atoms with Crippen molar-refractivity contribution in [3.8, 4) is 0 Å². The molecule has 0 unspecified atom stereocenters. The fourth-order valence-corrected chi connectivity index (χ4v) is 2.71. The Balaban J connectivity index is 1.67. The predicted molar refractivity (Wildman–Crippen MR) is 85.4 cm³/mol. The summed E-state index contributed by atoms with van der Waals surface area (Å²) < 4.78 is 1.84. The molecule has 0 bridgehead atoms. The van der Waals surface area contributed by atoms with Crippen LogP contribution in [0.2, 0.25) is 0 Å². The first-order chi connectivity index (χ1) is 10.1. The maximum absolute atomic E-state index is 5.97. The molecule has 5 heteroatoms. The fraction of sp³-hybridized carbons (Fsp3) is 0.375. The number of anilines is 1. The summed E-state index contributed by atoms with van der Waals surface area (Å²) in [4.78, 5) is 4.39. The highest BCUT2D eigenvalue weighted by atomic mass is 15.3. The second kappa shape index (κ2) is 5.60. The van der Waals surface area contributed by atoms with Crippen LogP contribution in [0.15, 0.2) is 29.4 Å². The van der Waals surface area contributed by atoms with Gasteiger partial charge >= 0.3 is 0 Å². The van der Waals surface area contributed by atoms with E-state index < -0.39 is 0 Å². The van der Waals surface area contributed by atoms with Gasteiger partial charge in [0.15, 0.2) is 5.96 Å². The van der Waals surface area contributed by atoms with Crippen molar-refractivity contribution in [2.45, 2.75) is 32.7 Å². The number of fused-ring (bicyclic) bond motifs is 1. The van der Waals surface area contributed by atoms with Crippen molar-refractivity contribution in [2.75, 3.05) is 5.32 Å². The molecule has 1 aromatic carbocycles. The van der Waals surface area contributed by atoms with E-state index in [9.17, 15) is 0 Å². The molecule has 0 atom stereocenters. The Kier molecular flexibility index (Phi) is 3.64. The first-order valence-electron chi connectivity index (χ1n) is 7.29. The number of aryl methyl sites for hydroxylation is 3. The standard InChI is InChI=1S/C16H21N5/c1-11-14(10-19-21(11)2)9-18-16(17)20-15-7-6-12-4-3-5-13(12)8-15/h6-8,10H,3-5,9H2,1-2H3,(H3,17,18,20). The largest absolute Gasteiger partial charge is 0.370 e. The van der Waals surface area contributed by atoms with Gasteiger partial charge in [-0.15, -0.1) is 0 Å². The van der Waals surface area contributed by atoms with Gasteiger partial charge in [0, 0.05) is 24.0 Å². The molecule has 21 heavy (non-hydrogen) atoms. The molecule has 0 saturated heterocycles. The number of hydrogen-bond acceptors (Lipinski definition) is 2. The molecule has 5 nitrogen and oxygen atoms in total. The van der Waals surface area contributed by atoms with Gasteiger partial charge in [-0.1, -0.05) is 6.07 Å². The highest BCUT2D eigenvalue weighted by Crippen LogP contribution is 2.24. The molecule has 2 aromatic rings. The summed E-state index contributed by atoms with van der Waals surface area (Å²) in [7, 11) is 1.93. The normalized spacial score (nSPS) is 14.3. The number of hydrogen-bond donors (Lipinski definition) is 2. The van der Waals surface area contributed by atoms with Crippen LogP contribution in [-0.2, 0) is 26.4 Å². The van der Waals surface area contributed by atoms with E-state index in [1.165, 1.54) is 24.0 Å². The molecule has 0 spiro atoms. The van der Waals surface area contributed by atoms with E-state index in [1.54, 1.807) is 0 Å². The minimum Gasteiger partial charge on any atom is -0.370 e. The lowest BCUT2D eigenvalue weighted by molar-refractivity contribution is 0.737. The Hall–Kier alpha value is -2.30. The number of rotatable bonds is 3. The lowest BCUT2D eigenvalue weighted by Gasteiger charge is -2.08. The van der Waals surface area contributed by atoms with E-state index in [0.29, 0.717) is 12.5 Å². The molecular formula is C16H21N5. The maximum atomic E-state index is 5.97. The molecule has 1 aliphatic rings. The van der Waals surface area contributed by atoms with Gasteiger partial charge in [0.1, 0.15) is 0 Å². The Bertz CT molecular complexity index is 684. The summed E-state index contributed by atoms with van der Waals surface area (Å²) in [6, 6.07) is 6.44. The highest BCUT2D eigenvalue weighted by molar-refractivity contribution is 5.92. The van der Waals surface area contributed by atoms with Gasteiger partial charge in [-0.3, -0.25) is 4.68 Å². The Morgan fingerprint density at radius 3 is 2.95 bits per heavy atom. The molecular weight excluding hydrogens is 262 g/mol. The van der Waals surface area contributed by atoms with Crippen LogP contribution >= 0.6 is 0 Å². The number of nitrogens with zero attached hydrogens (tertiary/aromatic N) is 3. The predicted octanol–water partition coefficient (Wildman–Crippen LogP) is 2.14. The lowest BCUT2D eigenvalue weighted by atomic mass is 10.1. The second-order valence-corrected chi connectivity index (χ2v) is 5.54. The Morgan fingerprint density at radius 1 is 1.38 bits per heavy atom. The number of guanidine groups is 1. The third-order valence-corrected chi connectivity index (χ3v) is 4.13. The van der Waals surface area contributed by atoms with E-state index in [-0.39, 0.29) is 0 Å². The molecule has 1 aromatic heterocycles. The van der Waals surface area contributed by atoms with Crippen LogP contribution < -0.4 is 11.1 Å². The van der Waals surface area contributed by atoms with E-state index in [0.717, 1.165) is 23.4 Å². The monoisotopic (exact) mass is 283 g/mol. The molecule has 3 N–H and O–H groups in total. The number of nitrogens with two attached hydrogens (primary N) is 1. The number of benzene rings is 1. The molecule has 0 fully saturated rings. The quantitative estimate of drug-likeness (QED) is 0.670. The Morgan fingerprint density at radius 2 is 2.19 bits per heavy atom. The van der Waals surface area contributed by atoms with E-state index in [2.05, 4.69) is 33.6 Å². The van der Waals surface area contributed by atoms with Crippen LogP contribution in [0, 0.1) is 6.92 Å². The number of nitrogens with one attached hydrogen (secondary N) is 1. The van der Waals surface area contributed by atoms with Gasteiger partial charge in [-0.25, -0.2) is 4.99 Å². The van der Waals surface area contributed by atoms with Crippen molar-refractivity contribution in [1.29, 1.82) is 0 Å². The zero-order valence-electron chi connectivity index (χ0n) is 12.6. The smallest absolute Gasteiger partial charge is 0.193 e. The number of aliphatic imine (C=N–C) groups is 1. The van der Waals surface area contributed by atoms with Gasteiger partial charge in [0.05, 0.1) is 12.7 Å². The molecule has 0 amide bonds. The van der Waals surface area contributed by atoms with E-state index in [1.807, 2.05) is 24.9 Å². The van der Waals surface area contributed by atoms with Crippen molar-refractivity contribution >= 4 is 11.6 Å². The topological polar surface area (TPSA) is 68.2 Å². The summed E-state index contributed by atoms with van der Waals surface area (Å²) >= 11 is 0. The highest BCUT2D eigenvalue weighted by Gasteiger charge is 2.11. The molecule has 0 saturated carbocycles. The van der Waals surface area contributed by atoms with Crippen LogP contribution in [0.4, 0.5) is 5.69 Å². The van der Waals surface area contributed by atoms with Gasteiger partial charge in [0.25, 0.3) is 0 Å². The van der Waals surface area contributed by atoms with Gasteiger partial charge in [-0.05, 0) is 49.4 Å². The number of aromatic nitrogens is 2. The molecule has 0 radical (unpaired) electrons. The summed E-state index contributed by atoms with van der Waals surface area (Å²) in [5.41, 5.74) is 12.1. The van der Waals surface area contributed by atoms with Crippen molar-refractivity contribution in [3.63, 3.8) is 0 Å². The molecule has 1 heterocycles. The molecule has 3 rings (SSSR count). The van der Waals surface area contributed by atoms with Crippen molar-refractivity contribution < 1.29 is 0 Å². The zero-order valence-corrected chi connectivity index (χ0v) is 12.6. The summed E-state index contributed by atoms with van der Waals surface area (Å²) in [5.74, 6) is 0.441. The maximum Gasteiger partial charge on any atom is 0.193 e. The Labute approximate surface area is 124 Å². The first kappa shape index (κ1) is 13.7. The van der Waals surface area contributed by atoms with Crippen LogP contribution in [0.3, 0.4) is 0 Å². The van der Waals surface area contributed by atoms with Crippen molar-refractivity contribution in [1.82, 2.24) is 9.78 Å². The van der Waals surface area contributed by atoms with Crippen LogP contribution in [0.5, 0.6) is 0 Å². The SMILES string of the molecule is Cc1c(CN=C(N)Nc2ccc3c(c2)CCC3)cnn1C. The van der Waals surface area contributed by atoms with E-state index in [4.69, 9.17) is 5.73 Å². The third kappa shape index (κ3) is 2.91. The molecule has 0 aliphatic heterocycles. The van der Waals surface area contributed by atoms with Crippen molar-refractivity contribution in [2.24, 2.45) is 17.8 Å². The average Bonchev–Trinajstić information content (AvgIpc) is 3.05. The fourth-order valence-electron chi connectivity index (χ4n) is 2.71. The zero-order chi connectivity index (χ0) is 14.8. The minimum absolute atomic E-state index is 0.441. The summed E-state index contributed by atoms with van der Waals surface area (Å²) in [6.45, 7) is 2.57. The second-order valence-electron chi connectivity index (χ2n) is 5.54. The van der Waals surface area contributed by atoms with Crippen molar-refractivity contribution in [3.05, 3.63) is 46.8 Å². The summed E-state index contributed by atoms with van der Waals surface area (Å²) in [6.07, 6.45) is 5.44. The van der Waals surface area contributed by atoms with E-state index >= 15 is 0 Å². The van der Waals surface area contributed by atoms with Crippen LogP contribution in [0.25, 0.3) is 0 Å². The average molecular weight is 283 g/mol. The van der Waals surface area contributed by atoms with Gasteiger partial charge < -0.3 is 11.1 Å².